The molecule has 0 radical (unpaired) electrons. The quantitative estimate of drug-likeness (QED) is 0.565. The third kappa shape index (κ3) is 6.84. The fourth-order valence-electron chi connectivity index (χ4n) is 2.38. The number of thiazole rings is 1. The van der Waals surface area contributed by atoms with E-state index in [2.05, 4.69) is 20.6 Å². The Kier molecular flexibility index (Phi) is 7.13. The fraction of sp³-hybridized carbons (Fsp3) is 0.706. The molecule has 0 spiro atoms. The molecule has 1 aliphatic heterocycles. The zero-order valence-electron chi connectivity index (χ0n) is 16.4. The number of nitrogens with zero attached hydrogens (tertiary/aromatic N) is 3. The third-order valence-electron chi connectivity index (χ3n) is 3.66. The zero-order chi connectivity index (χ0) is 20.9. The third-order valence-corrected chi connectivity index (χ3v) is 4.56. The maximum atomic E-state index is 12.6. The average Bonchev–Trinajstić information content (AvgIpc) is 2.97. The molecule has 2 rings (SSSR count). The van der Waals surface area contributed by atoms with Crippen molar-refractivity contribution in [3.05, 3.63) is 16.1 Å². The maximum Gasteiger partial charge on any atom is 0.434 e. The van der Waals surface area contributed by atoms with Gasteiger partial charge < -0.3 is 20.3 Å². The van der Waals surface area contributed by atoms with Gasteiger partial charge in [-0.3, -0.25) is 4.99 Å². The van der Waals surface area contributed by atoms with Crippen LogP contribution in [0, 0.1) is 0 Å². The number of alkyl halides is 3. The van der Waals surface area contributed by atoms with Gasteiger partial charge in [-0.15, -0.1) is 11.3 Å². The van der Waals surface area contributed by atoms with E-state index in [0.29, 0.717) is 43.6 Å². The van der Waals surface area contributed by atoms with Crippen molar-refractivity contribution >= 4 is 23.4 Å². The molecule has 2 heterocycles. The van der Waals surface area contributed by atoms with Crippen molar-refractivity contribution in [2.75, 3.05) is 26.2 Å². The minimum atomic E-state index is -4.42. The van der Waals surface area contributed by atoms with Crippen molar-refractivity contribution in [2.24, 2.45) is 4.99 Å². The van der Waals surface area contributed by atoms with E-state index in [0.717, 1.165) is 16.7 Å². The van der Waals surface area contributed by atoms with Crippen LogP contribution in [0.3, 0.4) is 0 Å². The Morgan fingerprint density at radius 2 is 2.07 bits per heavy atom. The number of carbonyl (C=O) groups excluding carboxylic acids is 1. The van der Waals surface area contributed by atoms with Crippen LogP contribution in [0.5, 0.6) is 0 Å². The van der Waals surface area contributed by atoms with E-state index in [4.69, 9.17) is 4.74 Å². The number of halogens is 3. The maximum absolute atomic E-state index is 12.6. The minimum absolute atomic E-state index is 0.0435. The van der Waals surface area contributed by atoms with Crippen molar-refractivity contribution < 1.29 is 22.7 Å². The van der Waals surface area contributed by atoms with E-state index >= 15 is 0 Å². The number of hydrogen-bond donors (Lipinski definition) is 2. The molecule has 0 saturated carbocycles. The first-order valence-electron chi connectivity index (χ1n) is 9.02. The number of carbonyl (C=O) groups is 1. The lowest BCUT2D eigenvalue weighted by molar-refractivity contribution is -0.140. The number of aromatic nitrogens is 1. The van der Waals surface area contributed by atoms with Crippen LogP contribution in [0.25, 0.3) is 0 Å². The molecule has 7 nitrogen and oxygen atoms in total. The van der Waals surface area contributed by atoms with Crippen LogP contribution in [-0.2, 0) is 17.3 Å². The van der Waals surface area contributed by atoms with Crippen LogP contribution >= 0.6 is 11.3 Å². The molecule has 0 unspecified atom stereocenters. The summed E-state index contributed by atoms with van der Waals surface area (Å²) in [5.41, 5.74) is -1.40. The average molecular weight is 421 g/mol. The molecule has 0 atom stereocenters. The van der Waals surface area contributed by atoms with Gasteiger partial charge in [0.05, 0.1) is 11.0 Å². The molecule has 0 aromatic carbocycles. The van der Waals surface area contributed by atoms with Crippen molar-refractivity contribution in [1.82, 2.24) is 20.5 Å². The van der Waals surface area contributed by atoms with Crippen LogP contribution in [0.15, 0.2) is 10.4 Å². The van der Waals surface area contributed by atoms with Crippen LogP contribution < -0.4 is 10.6 Å². The predicted molar refractivity (Wildman–Crippen MR) is 102 cm³/mol. The molecule has 28 heavy (non-hydrogen) atoms. The second-order valence-electron chi connectivity index (χ2n) is 7.36. The normalized spacial score (nSPS) is 16.0. The summed E-state index contributed by atoms with van der Waals surface area (Å²) in [7, 11) is 0. The van der Waals surface area contributed by atoms with Crippen LogP contribution in [-0.4, -0.2) is 59.8 Å². The van der Waals surface area contributed by atoms with Crippen LogP contribution in [0.1, 0.15) is 38.4 Å². The van der Waals surface area contributed by atoms with Gasteiger partial charge in [0.1, 0.15) is 5.60 Å². The van der Waals surface area contributed by atoms with Gasteiger partial charge in [0.15, 0.2) is 11.7 Å². The van der Waals surface area contributed by atoms with E-state index in [9.17, 15) is 18.0 Å². The molecule has 1 aliphatic rings. The summed E-state index contributed by atoms with van der Waals surface area (Å²) in [4.78, 5) is 21.5. The number of guanidine groups is 1. The SMILES string of the molecule is CCNC(=NCCc1nc(C(F)(F)F)cs1)NC1CN(C(=O)OC(C)(C)C)C1. The summed E-state index contributed by atoms with van der Waals surface area (Å²) in [6, 6.07) is 0.0435. The molecule has 1 saturated heterocycles. The summed E-state index contributed by atoms with van der Waals surface area (Å²) in [5.74, 6) is 0.559. The largest absolute Gasteiger partial charge is 0.444 e. The number of hydrogen-bond acceptors (Lipinski definition) is 5. The van der Waals surface area contributed by atoms with E-state index in [1.54, 1.807) is 4.90 Å². The monoisotopic (exact) mass is 421 g/mol. The summed E-state index contributed by atoms with van der Waals surface area (Å²) in [5, 5.41) is 7.71. The van der Waals surface area contributed by atoms with Gasteiger partial charge in [-0.25, -0.2) is 9.78 Å². The number of aliphatic imine (C=N–C) groups is 1. The Morgan fingerprint density at radius 3 is 2.61 bits per heavy atom. The van der Waals surface area contributed by atoms with Gasteiger partial charge in [-0.1, -0.05) is 0 Å². The Bertz CT molecular complexity index is 694. The molecule has 1 fully saturated rings. The Balaban J connectivity index is 1.80. The van der Waals surface area contributed by atoms with Crippen LogP contribution in [0.4, 0.5) is 18.0 Å². The molecule has 158 valence electrons. The first-order valence-corrected chi connectivity index (χ1v) is 9.90. The van der Waals surface area contributed by atoms with Crippen molar-refractivity contribution in [1.29, 1.82) is 0 Å². The highest BCUT2D eigenvalue weighted by atomic mass is 32.1. The Morgan fingerprint density at radius 1 is 1.39 bits per heavy atom. The van der Waals surface area contributed by atoms with Crippen LogP contribution in [0.2, 0.25) is 0 Å². The molecular weight excluding hydrogens is 395 g/mol. The highest BCUT2D eigenvalue weighted by Gasteiger charge is 2.34. The second kappa shape index (κ2) is 8.97. The summed E-state index contributed by atoms with van der Waals surface area (Å²) in [6.45, 7) is 9.32. The molecule has 1 amide bonds. The molecular formula is C17H26F3N5O2S. The smallest absolute Gasteiger partial charge is 0.434 e. The fourth-order valence-corrected chi connectivity index (χ4v) is 3.17. The minimum Gasteiger partial charge on any atom is -0.444 e. The number of rotatable bonds is 5. The molecule has 1 aromatic rings. The van der Waals surface area contributed by atoms with Gasteiger partial charge in [0.25, 0.3) is 0 Å². The second-order valence-corrected chi connectivity index (χ2v) is 8.30. The lowest BCUT2D eigenvalue weighted by Crippen LogP contribution is -2.63. The van der Waals surface area contributed by atoms with Gasteiger partial charge in [0, 0.05) is 38.0 Å². The standard InChI is InChI=1S/C17H26F3N5O2S/c1-5-21-14(22-7-6-13-24-12(10-28-13)17(18,19)20)23-11-8-25(9-11)15(26)27-16(2,3)4/h10-11H,5-9H2,1-4H3,(H2,21,22,23). The van der Waals surface area contributed by atoms with E-state index in [-0.39, 0.29) is 12.1 Å². The molecule has 1 aromatic heterocycles. The summed E-state index contributed by atoms with van der Waals surface area (Å²) in [6.07, 6.45) is -4.44. The summed E-state index contributed by atoms with van der Waals surface area (Å²) < 4.78 is 43.0. The highest BCUT2D eigenvalue weighted by molar-refractivity contribution is 7.09. The number of amides is 1. The van der Waals surface area contributed by atoms with Gasteiger partial charge in [-0.05, 0) is 27.7 Å². The Labute approximate surface area is 166 Å². The number of ether oxygens (including phenoxy) is 1. The number of nitrogens with one attached hydrogen (secondary N) is 2. The topological polar surface area (TPSA) is 78.9 Å². The van der Waals surface area contributed by atoms with E-state index in [1.165, 1.54) is 0 Å². The van der Waals surface area contributed by atoms with Gasteiger partial charge in [-0.2, -0.15) is 13.2 Å². The first-order chi connectivity index (χ1) is 13.0. The van der Waals surface area contributed by atoms with Gasteiger partial charge >= 0.3 is 12.3 Å². The van der Waals surface area contributed by atoms with E-state index in [1.807, 2.05) is 27.7 Å². The highest BCUT2D eigenvalue weighted by Crippen LogP contribution is 2.30. The molecule has 0 bridgehead atoms. The Hall–Kier alpha value is -2.04. The summed E-state index contributed by atoms with van der Waals surface area (Å²) >= 11 is 0.980. The van der Waals surface area contributed by atoms with Crippen molar-refractivity contribution in [3.63, 3.8) is 0 Å². The molecule has 11 heteroatoms. The lowest BCUT2D eigenvalue weighted by atomic mass is 10.1. The van der Waals surface area contributed by atoms with E-state index < -0.39 is 17.5 Å². The molecule has 2 N–H and O–H groups in total. The van der Waals surface area contributed by atoms with Crippen molar-refractivity contribution in [3.8, 4) is 0 Å². The number of likely N-dealkylation sites (tertiary alicyclic amines) is 1. The van der Waals surface area contributed by atoms with Gasteiger partial charge in [0.2, 0.25) is 0 Å². The molecule has 0 aliphatic carbocycles. The van der Waals surface area contributed by atoms with Crippen molar-refractivity contribution in [2.45, 2.75) is 51.9 Å². The predicted octanol–water partition coefficient (Wildman–Crippen LogP) is 2.88. The first kappa shape index (κ1) is 22.3. The lowest BCUT2D eigenvalue weighted by Gasteiger charge is -2.40. The zero-order valence-corrected chi connectivity index (χ0v) is 17.2.